The van der Waals surface area contributed by atoms with Gasteiger partial charge in [-0.3, -0.25) is 4.90 Å². The number of hydrogen-bond acceptors (Lipinski definition) is 6. The highest BCUT2D eigenvalue weighted by molar-refractivity contribution is 5.89. The molecule has 0 aliphatic carbocycles. The number of piperazine rings is 1. The van der Waals surface area contributed by atoms with E-state index in [2.05, 4.69) is 20.1 Å². The zero-order valence-corrected chi connectivity index (χ0v) is 18.9. The molecule has 2 aromatic rings. The van der Waals surface area contributed by atoms with Crippen molar-refractivity contribution in [2.75, 3.05) is 57.9 Å². The smallest absolute Gasteiger partial charge is 0.411 e. The third-order valence-electron chi connectivity index (χ3n) is 5.15. The number of ether oxygens (including phenoxy) is 2. The molecule has 2 amide bonds. The molecule has 9 nitrogen and oxygen atoms in total. The van der Waals surface area contributed by atoms with Crippen LogP contribution in [0.2, 0.25) is 0 Å². The second-order valence-corrected chi connectivity index (χ2v) is 7.69. The zero-order chi connectivity index (χ0) is 24.6. The zero-order valence-electron chi connectivity index (χ0n) is 18.9. The topological polar surface area (TPSA) is 88.9 Å². The number of urea groups is 1. The molecular formula is C22H28F3N5O4. The number of amides is 2. The Kier molecular flexibility index (Phi) is 8.88. The van der Waals surface area contributed by atoms with Crippen LogP contribution in [0.5, 0.6) is 0 Å². The van der Waals surface area contributed by atoms with Crippen LogP contribution < -0.4 is 5.32 Å². The van der Waals surface area contributed by atoms with Gasteiger partial charge in [0.1, 0.15) is 6.61 Å². The number of carbonyl (C=O) groups is 2. The van der Waals surface area contributed by atoms with E-state index >= 15 is 0 Å². The molecule has 1 aliphatic heterocycles. The molecule has 1 N–H and O–H groups in total. The van der Waals surface area contributed by atoms with Gasteiger partial charge in [0, 0.05) is 51.2 Å². The van der Waals surface area contributed by atoms with Crippen LogP contribution in [-0.4, -0.2) is 90.3 Å². The summed E-state index contributed by atoms with van der Waals surface area (Å²) in [6.45, 7) is 3.80. The second-order valence-electron chi connectivity index (χ2n) is 7.69. The number of anilines is 1. The Hall–Kier alpha value is -3.12. The monoisotopic (exact) mass is 483 g/mol. The van der Waals surface area contributed by atoms with Gasteiger partial charge in [0.2, 0.25) is 0 Å². The van der Waals surface area contributed by atoms with E-state index in [1.54, 1.807) is 53.0 Å². The second kappa shape index (κ2) is 11.8. The maximum absolute atomic E-state index is 12.6. The molecule has 186 valence electrons. The number of rotatable bonds is 9. The average molecular weight is 483 g/mol. The molecule has 0 spiro atoms. The van der Waals surface area contributed by atoms with E-state index in [1.165, 1.54) is 0 Å². The predicted molar refractivity (Wildman–Crippen MR) is 118 cm³/mol. The van der Waals surface area contributed by atoms with Gasteiger partial charge >= 0.3 is 18.2 Å². The molecule has 34 heavy (non-hydrogen) atoms. The van der Waals surface area contributed by atoms with Crippen LogP contribution in [0.3, 0.4) is 0 Å². The van der Waals surface area contributed by atoms with Crippen molar-refractivity contribution in [2.24, 2.45) is 0 Å². The standard InChI is InChI=1S/C22H28F3N5O4/c1-2-34-20(31)19-8-10-30(27-19)18-6-4-17(5-7-18)26-21(32)29-13-11-28(12-14-29)9-3-15-33-16-22(23,24)25/h4-8,10H,2-3,9,11-16H2,1H3,(H,26,32). The van der Waals surface area contributed by atoms with Crippen LogP contribution in [0.25, 0.3) is 5.69 Å². The summed E-state index contributed by atoms with van der Waals surface area (Å²) in [6, 6.07) is 8.40. The summed E-state index contributed by atoms with van der Waals surface area (Å²) in [5.41, 5.74) is 1.56. The van der Waals surface area contributed by atoms with Gasteiger partial charge in [-0.1, -0.05) is 0 Å². The summed E-state index contributed by atoms with van der Waals surface area (Å²) >= 11 is 0. The highest BCUT2D eigenvalue weighted by atomic mass is 19.4. The molecule has 1 aromatic heterocycles. The number of esters is 1. The minimum Gasteiger partial charge on any atom is -0.461 e. The number of alkyl halides is 3. The first-order valence-electron chi connectivity index (χ1n) is 11.0. The number of benzene rings is 1. The summed E-state index contributed by atoms with van der Waals surface area (Å²) in [5, 5.41) is 7.05. The first-order valence-corrected chi connectivity index (χ1v) is 11.0. The Balaban J connectivity index is 1.40. The first kappa shape index (κ1) is 25.5. The molecule has 0 saturated carbocycles. The molecule has 0 unspecified atom stereocenters. The minimum atomic E-state index is -4.30. The van der Waals surface area contributed by atoms with Crippen molar-refractivity contribution < 1.29 is 32.2 Å². The van der Waals surface area contributed by atoms with Gasteiger partial charge in [0.25, 0.3) is 0 Å². The van der Waals surface area contributed by atoms with Crippen molar-refractivity contribution in [3.8, 4) is 5.69 Å². The van der Waals surface area contributed by atoms with Crippen LogP contribution in [0.1, 0.15) is 23.8 Å². The molecule has 0 radical (unpaired) electrons. The van der Waals surface area contributed by atoms with E-state index in [0.717, 1.165) is 5.69 Å². The fourth-order valence-corrected chi connectivity index (χ4v) is 3.43. The number of nitrogens with zero attached hydrogens (tertiary/aromatic N) is 4. The largest absolute Gasteiger partial charge is 0.461 e. The Labute approximate surface area is 195 Å². The van der Waals surface area contributed by atoms with Gasteiger partial charge in [-0.15, -0.1) is 0 Å². The molecule has 3 rings (SSSR count). The Morgan fingerprint density at radius 3 is 2.44 bits per heavy atom. The Morgan fingerprint density at radius 1 is 1.09 bits per heavy atom. The van der Waals surface area contributed by atoms with E-state index in [4.69, 9.17) is 4.74 Å². The number of aromatic nitrogens is 2. The lowest BCUT2D eigenvalue weighted by Crippen LogP contribution is -2.50. The van der Waals surface area contributed by atoms with Gasteiger partial charge in [0.15, 0.2) is 5.69 Å². The lowest BCUT2D eigenvalue weighted by molar-refractivity contribution is -0.174. The van der Waals surface area contributed by atoms with Crippen LogP contribution in [0.15, 0.2) is 36.5 Å². The Morgan fingerprint density at radius 2 is 1.79 bits per heavy atom. The molecule has 0 atom stereocenters. The van der Waals surface area contributed by atoms with Crippen LogP contribution in [0.4, 0.5) is 23.7 Å². The van der Waals surface area contributed by atoms with Gasteiger partial charge in [-0.2, -0.15) is 18.3 Å². The quantitative estimate of drug-likeness (QED) is 0.436. The van der Waals surface area contributed by atoms with E-state index in [9.17, 15) is 22.8 Å². The summed E-state index contributed by atoms with van der Waals surface area (Å²) in [7, 11) is 0. The molecule has 0 bridgehead atoms. The van der Waals surface area contributed by atoms with Crippen LogP contribution in [0, 0.1) is 0 Å². The van der Waals surface area contributed by atoms with E-state index in [0.29, 0.717) is 44.8 Å². The highest BCUT2D eigenvalue weighted by Crippen LogP contribution is 2.16. The maximum Gasteiger partial charge on any atom is 0.411 e. The van der Waals surface area contributed by atoms with Crippen molar-refractivity contribution >= 4 is 17.7 Å². The summed E-state index contributed by atoms with van der Waals surface area (Å²) < 4.78 is 47.3. The number of hydrogen-bond donors (Lipinski definition) is 1. The normalized spacial score (nSPS) is 14.8. The molecular weight excluding hydrogens is 455 g/mol. The average Bonchev–Trinajstić information content (AvgIpc) is 3.30. The molecule has 2 heterocycles. The van der Waals surface area contributed by atoms with Crippen LogP contribution in [-0.2, 0) is 9.47 Å². The van der Waals surface area contributed by atoms with E-state index in [-0.39, 0.29) is 24.9 Å². The first-order chi connectivity index (χ1) is 16.2. The van der Waals surface area contributed by atoms with Crippen molar-refractivity contribution in [3.05, 3.63) is 42.2 Å². The lowest BCUT2D eigenvalue weighted by Gasteiger charge is -2.34. The highest BCUT2D eigenvalue weighted by Gasteiger charge is 2.27. The minimum absolute atomic E-state index is 0.0544. The van der Waals surface area contributed by atoms with Crippen LogP contribution >= 0.6 is 0 Å². The summed E-state index contributed by atoms with van der Waals surface area (Å²) in [4.78, 5) is 28.1. The predicted octanol–water partition coefficient (Wildman–Crippen LogP) is 3.17. The van der Waals surface area contributed by atoms with Crippen molar-refractivity contribution in [1.29, 1.82) is 0 Å². The molecule has 1 saturated heterocycles. The summed E-state index contributed by atoms with van der Waals surface area (Å²) in [6.07, 6.45) is -2.14. The van der Waals surface area contributed by atoms with Crippen molar-refractivity contribution in [3.63, 3.8) is 0 Å². The van der Waals surface area contributed by atoms with Crippen molar-refractivity contribution in [2.45, 2.75) is 19.5 Å². The summed E-state index contributed by atoms with van der Waals surface area (Å²) in [5.74, 6) is -0.486. The number of halogens is 3. The molecule has 1 fully saturated rings. The number of nitrogens with one attached hydrogen (secondary N) is 1. The van der Waals surface area contributed by atoms with E-state index < -0.39 is 18.8 Å². The molecule has 12 heteroatoms. The third-order valence-corrected chi connectivity index (χ3v) is 5.15. The van der Waals surface area contributed by atoms with Crippen molar-refractivity contribution in [1.82, 2.24) is 19.6 Å². The molecule has 1 aromatic carbocycles. The number of carbonyl (C=O) groups excluding carboxylic acids is 2. The van der Waals surface area contributed by atoms with Gasteiger partial charge in [-0.05, 0) is 43.7 Å². The van der Waals surface area contributed by atoms with Gasteiger partial charge in [-0.25, -0.2) is 14.3 Å². The SMILES string of the molecule is CCOC(=O)c1ccn(-c2ccc(NC(=O)N3CCN(CCCOCC(F)(F)F)CC3)cc2)n1. The molecule has 1 aliphatic rings. The fourth-order valence-electron chi connectivity index (χ4n) is 3.43. The Bertz CT molecular complexity index is 941. The maximum atomic E-state index is 12.6. The lowest BCUT2D eigenvalue weighted by atomic mass is 10.2. The van der Waals surface area contributed by atoms with Gasteiger partial charge in [0.05, 0.1) is 12.3 Å². The fraction of sp³-hybridized carbons (Fsp3) is 0.500. The van der Waals surface area contributed by atoms with Gasteiger partial charge < -0.3 is 19.7 Å². The third kappa shape index (κ3) is 7.73. The van der Waals surface area contributed by atoms with E-state index in [1.807, 2.05) is 0 Å².